The van der Waals surface area contributed by atoms with Gasteiger partial charge in [-0.25, -0.2) is 4.98 Å². The van der Waals surface area contributed by atoms with Gasteiger partial charge in [0, 0.05) is 36.5 Å². The number of nitrogen functional groups attached to an aromatic ring is 1. The minimum Gasteiger partial charge on any atom is -0.507 e. The van der Waals surface area contributed by atoms with E-state index in [9.17, 15) is 5.11 Å². The van der Waals surface area contributed by atoms with Crippen molar-refractivity contribution in [1.29, 1.82) is 0 Å². The molecule has 0 saturated heterocycles. The van der Waals surface area contributed by atoms with Crippen molar-refractivity contribution in [2.75, 3.05) is 25.4 Å². The minimum absolute atomic E-state index is 0.342. The Morgan fingerprint density at radius 1 is 1.36 bits per heavy atom. The van der Waals surface area contributed by atoms with Crippen molar-refractivity contribution in [3.8, 4) is 5.75 Å². The molecule has 1 aliphatic heterocycles. The van der Waals surface area contributed by atoms with Gasteiger partial charge in [-0.15, -0.1) is 11.3 Å². The maximum atomic E-state index is 9.91. The maximum Gasteiger partial charge on any atom is 0.180 e. The molecule has 1 aromatic carbocycles. The number of rotatable bonds is 3. The summed E-state index contributed by atoms with van der Waals surface area (Å²) in [7, 11) is 0. The zero-order chi connectivity index (χ0) is 15.5. The second kappa shape index (κ2) is 6.50. The zero-order valence-corrected chi connectivity index (χ0v) is 13.6. The summed E-state index contributed by atoms with van der Waals surface area (Å²) in [5.41, 5.74) is 8.95. The molecule has 0 aliphatic carbocycles. The van der Waals surface area contributed by atoms with Crippen molar-refractivity contribution in [2.24, 2.45) is 0 Å². The lowest BCUT2D eigenvalue weighted by Crippen LogP contribution is -2.26. The van der Waals surface area contributed by atoms with Crippen molar-refractivity contribution < 1.29 is 5.11 Å². The average Bonchev–Trinajstić information content (AvgIpc) is 2.74. The second-order valence-corrected chi connectivity index (χ2v) is 6.75. The van der Waals surface area contributed by atoms with E-state index in [1.165, 1.54) is 10.6 Å². The average molecular weight is 315 g/mol. The highest BCUT2D eigenvalue weighted by Gasteiger charge is 2.16. The van der Waals surface area contributed by atoms with Crippen LogP contribution in [0.4, 0.5) is 5.13 Å². The van der Waals surface area contributed by atoms with E-state index in [4.69, 9.17) is 5.73 Å². The minimum atomic E-state index is 0.342. The predicted molar refractivity (Wildman–Crippen MR) is 92.3 cm³/mol. The maximum absolute atomic E-state index is 9.91. The first-order valence-electron chi connectivity index (χ1n) is 7.55. The van der Waals surface area contributed by atoms with Crippen LogP contribution in [0.5, 0.6) is 5.75 Å². The number of hydrogen-bond donors (Lipinski definition) is 2. The van der Waals surface area contributed by atoms with Crippen LogP contribution in [0.25, 0.3) is 6.08 Å². The molecule has 2 heterocycles. The molecule has 3 rings (SSSR count). The van der Waals surface area contributed by atoms with E-state index < -0.39 is 0 Å². The Labute approximate surface area is 134 Å². The summed E-state index contributed by atoms with van der Waals surface area (Å²) in [6, 6.07) is 5.61. The number of fused-ring (bicyclic) bond motifs is 1. The van der Waals surface area contributed by atoms with Gasteiger partial charge in [-0.3, -0.25) is 4.90 Å². The largest absolute Gasteiger partial charge is 0.507 e. The molecule has 0 unspecified atom stereocenters. The quantitative estimate of drug-likeness (QED) is 0.914. The fraction of sp³-hybridized carbons (Fsp3) is 0.353. The molecule has 0 amide bonds. The van der Waals surface area contributed by atoms with Gasteiger partial charge in [-0.2, -0.15) is 0 Å². The van der Waals surface area contributed by atoms with Crippen LogP contribution in [0.15, 0.2) is 24.3 Å². The van der Waals surface area contributed by atoms with E-state index in [2.05, 4.69) is 16.0 Å². The Bertz CT molecular complexity index is 647. The lowest BCUT2D eigenvalue weighted by atomic mass is 10.1. The Morgan fingerprint density at radius 3 is 3.00 bits per heavy atom. The first-order chi connectivity index (χ1) is 10.6. The standard InChI is InChI=1S/C17H21N3OS/c1-12-4-2-6-15(21)13(12)5-3-9-20-10-7-14-16(8-11-20)22-17(18)19-14/h2-6,21H,7-11H2,1H3,(H2,18,19). The van der Waals surface area contributed by atoms with Crippen LogP contribution in [-0.4, -0.2) is 34.6 Å². The molecule has 0 fully saturated rings. The molecule has 5 heteroatoms. The Kier molecular flexibility index (Phi) is 4.45. The van der Waals surface area contributed by atoms with Gasteiger partial charge in [-0.05, 0) is 25.0 Å². The van der Waals surface area contributed by atoms with Crippen molar-refractivity contribution in [2.45, 2.75) is 19.8 Å². The number of nitrogens with zero attached hydrogens (tertiary/aromatic N) is 2. The first kappa shape index (κ1) is 15.1. The van der Waals surface area contributed by atoms with Crippen molar-refractivity contribution in [3.05, 3.63) is 46.0 Å². The summed E-state index contributed by atoms with van der Waals surface area (Å²) in [4.78, 5) is 8.16. The van der Waals surface area contributed by atoms with Crippen LogP contribution in [0.3, 0.4) is 0 Å². The highest BCUT2D eigenvalue weighted by atomic mass is 32.1. The number of thiazole rings is 1. The number of phenols is 1. The molecule has 2 aromatic rings. The second-order valence-electron chi connectivity index (χ2n) is 5.63. The number of anilines is 1. The topological polar surface area (TPSA) is 62.4 Å². The van der Waals surface area contributed by atoms with E-state index in [1.54, 1.807) is 17.4 Å². The van der Waals surface area contributed by atoms with Crippen molar-refractivity contribution in [1.82, 2.24) is 9.88 Å². The van der Waals surface area contributed by atoms with Crippen LogP contribution in [-0.2, 0) is 12.8 Å². The van der Waals surface area contributed by atoms with Crippen LogP contribution in [0.2, 0.25) is 0 Å². The van der Waals surface area contributed by atoms with Crippen molar-refractivity contribution >= 4 is 22.5 Å². The summed E-state index contributed by atoms with van der Waals surface area (Å²) in [6.45, 7) is 4.93. The van der Waals surface area contributed by atoms with E-state index >= 15 is 0 Å². The fourth-order valence-corrected chi connectivity index (χ4v) is 3.68. The highest BCUT2D eigenvalue weighted by molar-refractivity contribution is 7.15. The van der Waals surface area contributed by atoms with Gasteiger partial charge in [0.15, 0.2) is 5.13 Å². The molecule has 1 aromatic heterocycles. The van der Waals surface area contributed by atoms with Gasteiger partial charge in [0.05, 0.1) is 5.69 Å². The first-order valence-corrected chi connectivity index (χ1v) is 8.36. The number of phenolic OH excluding ortho intramolecular Hbond substituents is 1. The summed E-state index contributed by atoms with van der Waals surface area (Å²) in [5, 5.41) is 10.6. The van der Waals surface area contributed by atoms with Crippen LogP contribution < -0.4 is 5.73 Å². The summed E-state index contributed by atoms with van der Waals surface area (Å²) in [6.07, 6.45) is 6.13. The SMILES string of the molecule is Cc1cccc(O)c1C=CCN1CCc2nc(N)sc2CC1. The molecular formula is C17H21N3OS. The summed E-state index contributed by atoms with van der Waals surface area (Å²) in [5.74, 6) is 0.342. The molecule has 4 nitrogen and oxygen atoms in total. The Hall–Kier alpha value is -1.85. The van der Waals surface area contributed by atoms with E-state index in [0.717, 1.165) is 43.6 Å². The zero-order valence-electron chi connectivity index (χ0n) is 12.7. The molecule has 0 radical (unpaired) electrons. The third kappa shape index (κ3) is 3.31. The molecular weight excluding hydrogens is 294 g/mol. The van der Waals surface area contributed by atoms with Gasteiger partial charge in [0.2, 0.25) is 0 Å². The van der Waals surface area contributed by atoms with E-state index in [-0.39, 0.29) is 0 Å². The number of nitrogens with two attached hydrogens (primary N) is 1. The number of aryl methyl sites for hydroxylation is 1. The van der Waals surface area contributed by atoms with Crippen LogP contribution in [0.1, 0.15) is 21.7 Å². The van der Waals surface area contributed by atoms with Gasteiger partial charge < -0.3 is 10.8 Å². The summed E-state index contributed by atoms with van der Waals surface area (Å²) < 4.78 is 0. The van der Waals surface area contributed by atoms with Gasteiger partial charge >= 0.3 is 0 Å². The van der Waals surface area contributed by atoms with E-state index in [1.807, 2.05) is 25.1 Å². The third-order valence-corrected chi connectivity index (χ3v) is 5.05. The fourth-order valence-electron chi connectivity index (χ4n) is 2.81. The van der Waals surface area contributed by atoms with Crippen molar-refractivity contribution in [3.63, 3.8) is 0 Å². The predicted octanol–water partition coefficient (Wildman–Crippen LogP) is 2.85. The van der Waals surface area contributed by atoms with E-state index in [0.29, 0.717) is 10.9 Å². The monoisotopic (exact) mass is 315 g/mol. The molecule has 0 spiro atoms. The lowest BCUT2D eigenvalue weighted by Gasteiger charge is -2.17. The molecule has 1 aliphatic rings. The van der Waals surface area contributed by atoms with Gasteiger partial charge in [-0.1, -0.05) is 24.3 Å². The molecule has 0 bridgehead atoms. The Morgan fingerprint density at radius 2 is 2.18 bits per heavy atom. The number of aromatic nitrogens is 1. The van der Waals surface area contributed by atoms with Gasteiger partial charge in [0.1, 0.15) is 5.75 Å². The lowest BCUT2D eigenvalue weighted by molar-refractivity contribution is 0.318. The highest BCUT2D eigenvalue weighted by Crippen LogP contribution is 2.24. The molecule has 3 N–H and O–H groups in total. The normalized spacial score (nSPS) is 15.9. The third-order valence-electron chi connectivity index (χ3n) is 4.06. The van der Waals surface area contributed by atoms with Gasteiger partial charge in [0.25, 0.3) is 0 Å². The summed E-state index contributed by atoms with van der Waals surface area (Å²) >= 11 is 1.62. The number of benzene rings is 1. The molecule has 0 saturated carbocycles. The van der Waals surface area contributed by atoms with Crippen LogP contribution >= 0.6 is 11.3 Å². The smallest absolute Gasteiger partial charge is 0.180 e. The molecule has 116 valence electrons. The molecule has 0 atom stereocenters. The van der Waals surface area contributed by atoms with Crippen LogP contribution in [0, 0.1) is 6.92 Å². The number of aromatic hydroxyl groups is 1. The number of hydrogen-bond acceptors (Lipinski definition) is 5. The Balaban J connectivity index is 1.61. The molecule has 22 heavy (non-hydrogen) atoms.